The van der Waals surface area contributed by atoms with E-state index < -0.39 is 14.2 Å². The van der Waals surface area contributed by atoms with Crippen LogP contribution in [0.2, 0.25) is 0 Å². The lowest BCUT2D eigenvalue weighted by atomic mass is 9.79. The average Bonchev–Trinajstić information content (AvgIpc) is 3.24. The zero-order valence-electron chi connectivity index (χ0n) is 26.7. The fraction of sp³-hybridized carbons (Fsp3) is 0.471. The van der Waals surface area contributed by atoms with Crippen molar-refractivity contribution in [1.82, 2.24) is 0 Å². The van der Waals surface area contributed by atoms with Crippen molar-refractivity contribution in [3.05, 3.63) is 78.4 Å². The number of anilines is 3. The van der Waals surface area contributed by atoms with Crippen molar-refractivity contribution in [3.63, 3.8) is 0 Å². The summed E-state index contributed by atoms with van der Waals surface area (Å²) in [6.07, 6.45) is 0. The quantitative estimate of drug-likeness (QED) is 0.317. The van der Waals surface area contributed by atoms with E-state index >= 15 is 0 Å². The fourth-order valence-corrected chi connectivity index (χ4v) is 5.08. The Morgan fingerprint density at radius 2 is 0.732 bits per heavy atom. The number of nitrogens with zero attached hydrogens (tertiary/aromatic N) is 1. The summed E-state index contributed by atoms with van der Waals surface area (Å²) in [5, 5.41) is 0. The Hall–Kier alpha value is -2.57. The van der Waals surface area contributed by atoms with Crippen LogP contribution in [0.15, 0.2) is 72.8 Å². The van der Waals surface area contributed by atoms with Crippen molar-refractivity contribution in [1.29, 1.82) is 0 Å². The molecule has 0 bridgehead atoms. The Morgan fingerprint density at radius 1 is 0.463 bits per heavy atom. The Morgan fingerprint density at radius 3 is 1.00 bits per heavy atom. The van der Waals surface area contributed by atoms with Gasteiger partial charge in [-0.15, -0.1) is 0 Å². The smallest absolute Gasteiger partial charge is 0.399 e. The first-order chi connectivity index (χ1) is 18.9. The summed E-state index contributed by atoms with van der Waals surface area (Å²) in [6.45, 7) is 23.4. The van der Waals surface area contributed by atoms with Crippen LogP contribution in [0.25, 0.3) is 0 Å². The molecule has 0 unspecified atom stereocenters. The molecule has 0 radical (unpaired) electrons. The highest BCUT2D eigenvalue weighted by Crippen LogP contribution is 2.39. The maximum absolute atomic E-state index is 6.30. The van der Waals surface area contributed by atoms with Crippen LogP contribution >= 0.6 is 0 Å². The summed E-state index contributed by atoms with van der Waals surface area (Å²) < 4.78 is 25.2. The van der Waals surface area contributed by atoms with Gasteiger partial charge in [-0.25, -0.2) is 0 Å². The summed E-state index contributed by atoms with van der Waals surface area (Å²) in [6, 6.07) is 25.8. The van der Waals surface area contributed by atoms with Gasteiger partial charge in [0, 0.05) is 17.1 Å². The van der Waals surface area contributed by atoms with Gasteiger partial charge in [0.2, 0.25) is 0 Å². The Bertz CT molecular complexity index is 1260. The number of hydrogen-bond donors (Lipinski definition) is 0. The number of benzene rings is 3. The summed E-state index contributed by atoms with van der Waals surface area (Å²) in [4.78, 5) is 2.27. The van der Waals surface area contributed by atoms with Gasteiger partial charge < -0.3 is 23.5 Å². The van der Waals surface area contributed by atoms with Gasteiger partial charge in [-0.1, -0.05) is 57.2 Å². The fourth-order valence-electron chi connectivity index (χ4n) is 5.08. The molecule has 2 fully saturated rings. The minimum atomic E-state index is -0.396. The highest BCUT2D eigenvalue weighted by Gasteiger charge is 2.52. The second kappa shape index (κ2) is 10.0. The van der Waals surface area contributed by atoms with Gasteiger partial charge in [-0.3, -0.25) is 0 Å². The van der Waals surface area contributed by atoms with Crippen LogP contribution in [-0.2, 0) is 24.0 Å². The first-order valence-corrected chi connectivity index (χ1v) is 14.7. The summed E-state index contributed by atoms with van der Waals surface area (Å²) >= 11 is 0. The third-order valence-corrected chi connectivity index (χ3v) is 9.34. The van der Waals surface area contributed by atoms with Crippen molar-refractivity contribution in [2.45, 2.75) is 104 Å². The lowest BCUT2D eigenvalue weighted by molar-refractivity contribution is 0.00578. The standard InChI is InChI=1S/C34H45B2NO4/c1-30(2,3)24-12-18-27(19-13-24)37(28-20-14-25(15-21-28)35-38-31(4,5)32(6,7)39-35)29-22-16-26(17-23-29)36-40-33(8,9)34(10,11)41-36/h12-23H,1-11H3. The van der Waals surface area contributed by atoms with E-state index in [1.165, 1.54) is 5.56 Å². The molecule has 3 aromatic rings. The second-order valence-electron chi connectivity index (χ2n) is 14.5. The van der Waals surface area contributed by atoms with E-state index in [1.54, 1.807) is 0 Å². The van der Waals surface area contributed by atoms with Crippen molar-refractivity contribution in [2.75, 3.05) is 4.90 Å². The maximum atomic E-state index is 6.30. The summed E-state index contributed by atoms with van der Waals surface area (Å²) in [7, 11) is -0.791. The Balaban J connectivity index is 1.47. The van der Waals surface area contributed by atoms with Gasteiger partial charge in [0.15, 0.2) is 0 Å². The molecule has 0 saturated carbocycles. The second-order valence-corrected chi connectivity index (χ2v) is 14.5. The Labute approximate surface area is 247 Å². The molecule has 2 aliphatic rings. The molecule has 3 aromatic carbocycles. The van der Waals surface area contributed by atoms with Crippen molar-refractivity contribution in [2.24, 2.45) is 0 Å². The number of hydrogen-bond acceptors (Lipinski definition) is 5. The molecule has 41 heavy (non-hydrogen) atoms. The van der Waals surface area contributed by atoms with Gasteiger partial charge in [0.1, 0.15) is 0 Å². The van der Waals surface area contributed by atoms with Gasteiger partial charge in [-0.05, 0) is 114 Å². The number of rotatable bonds is 5. The third-order valence-electron chi connectivity index (χ3n) is 9.34. The minimum Gasteiger partial charge on any atom is -0.399 e. The third kappa shape index (κ3) is 5.62. The SMILES string of the molecule is CC(C)(C)c1ccc(N(c2ccc(B3OC(C)(C)C(C)(C)O3)cc2)c2ccc(B3OC(C)(C)C(C)(C)O3)cc2)cc1. The molecule has 0 atom stereocenters. The molecule has 2 aliphatic heterocycles. The summed E-state index contributed by atoms with van der Waals surface area (Å²) in [5.74, 6) is 0. The zero-order valence-corrected chi connectivity index (χ0v) is 26.7. The van der Waals surface area contributed by atoms with E-state index in [2.05, 4.69) is 154 Å². The molecule has 5 rings (SSSR count). The van der Waals surface area contributed by atoms with Gasteiger partial charge >= 0.3 is 14.2 Å². The molecular weight excluding hydrogens is 508 g/mol. The van der Waals surface area contributed by atoms with E-state index in [-0.39, 0.29) is 27.8 Å². The van der Waals surface area contributed by atoms with Crippen LogP contribution in [0.4, 0.5) is 17.1 Å². The van der Waals surface area contributed by atoms with E-state index in [0.717, 1.165) is 28.0 Å². The zero-order chi connectivity index (χ0) is 30.0. The normalized spacial score (nSPS) is 20.9. The van der Waals surface area contributed by atoms with E-state index in [0.29, 0.717) is 0 Å². The van der Waals surface area contributed by atoms with Crippen LogP contribution in [0.5, 0.6) is 0 Å². The van der Waals surface area contributed by atoms with Crippen molar-refractivity contribution in [3.8, 4) is 0 Å². The van der Waals surface area contributed by atoms with Crippen LogP contribution < -0.4 is 15.8 Å². The molecular formula is C34H45B2NO4. The van der Waals surface area contributed by atoms with Crippen LogP contribution in [0.3, 0.4) is 0 Å². The van der Waals surface area contributed by atoms with E-state index in [9.17, 15) is 0 Å². The average molecular weight is 553 g/mol. The predicted octanol–water partition coefficient (Wildman–Crippen LogP) is 7.05. The van der Waals surface area contributed by atoms with Crippen LogP contribution in [-0.4, -0.2) is 36.6 Å². The molecule has 0 aliphatic carbocycles. The monoisotopic (exact) mass is 553 g/mol. The first-order valence-electron chi connectivity index (χ1n) is 14.7. The van der Waals surface area contributed by atoms with E-state index in [4.69, 9.17) is 18.6 Å². The Kier molecular flexibility index (Phi) is 7.30. The van der Waals surface area contributed by atoms with Gasteiger partial charge in [0.25, 0.3) is 0 Å². The minimum absolute atomic E-state index is 0.0817. The predicted molar refractivity (Wildman–Crippen MR) is 171 cm³/mol. The van der Waals surface area contributed by atoms with Crippen LogP contribution in [0.1, 0.15) is 81.7 Å². The molecule has 7 heteroatoms. The molecule has 0 spiro atoms. The molecule has 5 nitrogen and oxygen atoms in total. The molecule has 0 aromatic heterocycles. The van der Waals surface area contributed by atoms with Gasteiger partial charge in [-0.2, -0.15) is 0 Å². The first kappa shape index (κ1) is 29.9. The van der Waals surface area contributed by atoms with Crippen molar-refractivity contribution >= 4 is 42.2 Å². The molecule has 0 N–H and O–H groups in total. The molecule has 0 amide bonds. The largest absolute Gasteiger partial charge is 0.494 e. The van der Waals surface area contributed by atoms with E-state index in [1.807, 2.05) is 0 Å². The van der Waals surface area contributed by atoms with Gasteiger partial charge in [0.05, 0.1) is 22.4 Å². The molecule has 2 heterocycles. The van der Waals surface area contributed by atoms with Crippen LogP contribution in [0, 0.1) is 0 Å². The lowest BCUT2D eigenvalue weighted by Gasteiger charge is -2.32. The lowest BCUT2D eigenvalue weighted by Crippen LogP contribution is -2.41. The summed E-state index contributed by atoms with van der Waals surface area (Å²) in [5.41, 5.74) is 5.07. The van der Waals surface area contributed by atoms with Crippen molar-refractivity contribution < 1.29 is 18.6 Å². The maximum Gasteiger partial charge on any atom is 0.494 e. The highest BCUT2D eigenvalue weighted by molar-refractivity contribution is 6.62. The topological polar surface area (TPSA) is 40.2 Å². The molecule has 2 saturated heterocycles. The highest BCUT2D eigenvalue weighted by atomic mass is 16.7. The molecule has 216 valence electrons.